The molecule has 0 aliphatic rings. The summed E-state index contributed by atoms with van der Waals surface area (Å²) in [5, 5.41) is 5.41. The highest BCUT2D eigenvalue weighted by molar-refractivity contribution is 7.09. The van der Waals surface area contributed by atoms with Gasteiger partial charge in [0.05, 0.1) is 21.8 Å². The maximum Gasteiger partial charge on any atom is 0.417 e. The van der Waals surface area contributed by atoms with Crippen molar-refractivity contribution >= 4 is 17.2 Å². The highest BCUT2D eigenvalue weighted by Crippen LogP contribution is 2.31. The van der Waals surface area contributed by atoms with Gasteiger partial charge in [-0.2, -0.15) is 13.2 Å². The second-order valence-corrected chi connectivity index (χ2v) is 5.58. The Kier molecular flexibility index (Phi) is 5.18. The molecular formula is C15H15F3N2OS. The molecule has 0 aliphatic carbocycles. The molecule has 22 heavy (non-hydrogen) atoms. The van der Waals surface area contributed by atoms with Gasteiger partial charge in [0.25, 0.3) is 5.91 Å². The SMILES string of the molecule is CCc1nc(CCNC(=O)c2ccccc2C(F)(F)F)cs1. The van der Waals surface area contributed by atoms with Crippen LogP contribution in [0.15, 0.2) is 29.6 Å². The third-order valence-corrected chi connectivity index (χ3v) is 4.09. The molecule has 3 nitrogen and oxygen atoms in total. The zero-order valence-electron chi connectivity index (χ0n) is 11.9. The molecule has 7 heteroatoms. The van der Waals surface area contributed by atoms with Crippen molar-refractivity contribution < 1.29 is 18.0 Å². The van der Waals surface area contributed by atoms with E-state index < -0.39 is 17.6 Å². The topological polar surface area (TPSA) is 42.0 Å². The minimum atomic E-state index is -4.54. The van der Waals surface area contributed by atoms with Crippen molar-refractivity contribution in [2.45, 2.75) is 25.9 Å². The Morgan fingerprint density at radius 1 is 1.32 bits per heavy atom. The van der Waals surface area contributed by atoms with Gasteiger partial charge in [0.2, 0.25) is 0 Å². The van der Waals surface area contributed by atoms with Gasteiger partial charge in [-0.1, -0.05) is 19.1 Å². The number of amides is 1. The maximum atomic E-state index is 12.8. The summed E-state index contributed by atoms with van der Waals surface area (Å²) >= 11 is 1.54. The van der Waals surface area contributed by atoms with Crippen molar-refractivity contribution in [1.29, 1.82) is 0 Å². The number of benzene rings is 1. The van der Waals surface area contributed by atoms with Gasteiger partial charge in [0, 0.05) is 18.3 Å². The Hall–Kier alpha value is -1.89. The van der Waals surface area contributed by atoms with Gasteiger partial charge in [-0.3, -0.25) is 4.79 Å². The van der Waals surface area contributed by atoms with Crippen LogP contribution < -0.4 is 5.32 Å². The van der Waals surface area contributed by atoms with Gasteiger partial charge in [0.15, 0.2) is 0 Å². The smallest absolute Gasteiger partial charge is 0.352 e. The number of nitrogens with zero attached hydrogens (tertiary/aromatic N) is 1. The summed E-state index contributed by atoms with van der Waals surface area (Å²) in [6, 6.07) is 4.76. The van der Waals surface area contributed by atoms with Crippen LogP contribution in [0, 0.1) is 0 Å². The van der Waals surface area contributed by atoms with E-state index >= 15 is 0 Å². The average molecular weight is 328 g/mol. The van der Waals surface area contributed by atoms with Crippen molar-refractivity contribution in [1.82, 2.24) is 10.3 Å². The summed E-state index contributed by atoms with van der Waals surface area (Å²) in [6.07, 6.45) is -3.20. The molecule has 2 rings (SSSR count). The van der Waals surface area contributed by atoms with E-state index in [1.54, 1.807) is 0 Å². The average Bonchev–Trinajstić information content (AvgIpc) is 2.94. The van der Waals surface area contributed by atoms with Gasteiger partial charge in [-0.15, -0.1) is 11.3 Å². The predicted molar refractivity (Wildman–Crippen MR) is 79.0 cm³/mol. The quantitative estimate of drug-likeness (QED) is 0.909. The van der Waals surface area contributed by atoms with E-state index in [1.165, 1.54) is 29.5 Å². The lowest BCUT2D eigenvalue weighted by atomic mass is 10.1. The first-order valence-electron chi connectivity index (χ1n) is 6.79. The molecule has 1 N–H and O–H groups in total. The van der Waals surface area contributed by atoms with E-state index in [1.807, 2.05) is 12.3 Å². The minimum absolute atomic E-state index is 0.248. The molecule has 0 saturated carbocycles. The number of rotatable bonds is 5. The second kappa shape index (κ2) is 6.91. The van der Waals surface area contributed by atoms with Crippen LogP contribution in [-0.4, -0.2) is 17.4 Å². The Balaban J connectivity index is 1.98. The summed E-state index contributed by atoms with van der Waals surface area (Å²) in [5.41, 5.74) is -0.441. The highest BCUT2D eigenvalue weighted by atomic mass is 32.1. The van der Waals surface area contributed by atoms with Gasteiger partial charge >= 0.3 is 6.18 Å². The molecule has 0 atom stereocenters. The lowest BCUT2D eigenvalue weighted by molar-refractivity contribution is -0.137. The van der Waals surface area contributed by atoms with Gasteiger partial charge < -0.3 is 5.32 Å². The van der Waals surface area contributed by atoms with Crippen molar-refractivity contribution in [3.63, 3.8) is 0 Å². The molecule has 0 fully saturated rings. The van der Waals surface area contributed by atoms with Crippen molar-refractivity contribution in [3.8, 4) is 0 Å². The third kappa shape index (κ3) is 4.07. The summed E-state index contributed by atoms with van der Waals surface area (Å²) in [4.78, 5) is 16.3. The number of thiazole rings is 1. The largest absolute Gasteiger partial charge is 0.417 e. The number of carbonyl (C=O) groups excluding carboxylic acids is 1. The number of carbonyl (C=O) groups is 1. The Labute approximate surface area is 130 Å². The fourth-order valence-corrected chi connectivity index (χ4v) is 2.73. The molecular weight excluding hydrogens is 313 g/mol. The van der Waals surface area contributed by atoms with Gasteiger partial charge in [-0.05, 0) is 18.6 Å². The molecule has 118 valence electrons. The van der Waals surface area contributed by atoms with Crippen LogP contribution in [-0.2, 0) is 19.0 Å². The first kappa shape index (κ1) is 16.5. The number of halogens is 3. The Morgan fingerprint density at radius 3 is 2.68 bits per heavy atom. The van der Waals surface area contributed by atoms with Crippen LogP contribution in [0.5, 0.6) is 0 Å². The lowest BCUT2D eigenvalue weighted by Gasteiger charge is -2.12. The summed E-state index contributed by atoms with van der Waals surface area (Å²) < 4.78 is 38.5. The van der Waals surface area contributed by atoms with E-state index in [4.69, 9.17) is 0 Å². The van der Waals surface area contributed by atoms with Gasteiger partial charge in [-0.25, -0.2) is 4.98 Å². The van der Waals surface area contributed by atoms with Crippen LogP contribution >= 0.6 is 11.3 Å². The van der Waals surface area contributed by atoms with Crippen LogP contribution in [0.1, 0.15) is 33.5 Å². The van der Waals surface area contributed by atoms with E-state index in [9.17, 15) is 18.0 Å². The zero-order chi connectivity index (χ0) is 16.2. The van der Waals surface area contributed by atoms with Crippen LogP contribution in [0.25, 0.3) is 0 Å². The number of hydrogen-bond acceptors (Lipinski definition) is 3. The molecule has 0 spiro atoms. The monoisotopic (exact) mass is 328 g/mol. The third-order valence-electron chi connectivity index (χ3n) is 3.05. The molecule has 0 saturated heterocycles. The summed E-state index contributed by atoms with van der Waals surface area (Å²) in [6.45, 7) is 2.25. The fraction of sp³-hybridized carbons (Fsp3) is 0.333. The maximum absolute atomic E-state index is 12.8. The molecule has 1 heterocycles. The molecule has 1 aromatic heterocycles. The van der Waals surface area contributed by atoms with E-state index in [-0.39, 0.29) is 12.1 Å². The molecule has 1 aromatic carbocycles. The number of aromatic nitrogens is 1. The molecule has 0 aliphatic heterocycles. The fourth-order valence-electron chi connectivity index (χ4n) is 1.95. The first-order chi connectivity index (χ1) is 10.4. The predicted octanol–water partition coefficient (Wildman–Crippen LogP) is 3.70. The number of nitrogens with one attached hydrogen (secondary N) is 1. The molecule has 0 bridgehead atoms. The van der Waals surface area contributed by atoms with Crippen molar-refractivity contribution in [3.05, 3.63) is 51.5 Å². The van der Waals surface area contributed by atoms with Crippen LogP contribution in [0.2, 0.25) is 0 Å². The number of alkyl halides is 3. The second-order valence-electron chi connectivity index (χ2n) is 4.64. The number of aryl methyl sites for hydroxylation is 1. The van der Waals surface area contributed by atoms with E-state index in [2.05, 4.69) is 10.3 Å². The van der Waals surface area contributed by atoms with E-state index in [0.717, 1.165) is 23.2 Å². The molecule has 0 radical (unpaired) electrons. The van der Waals surface area contributed by atoms with Crippen molar-refractivity contribution in [2.75, 3.05) is 6.54 Å². The highest BCUT2D eigenvalue weighted by Gasteiger charge is 2.34. The van der Waals surface area contributed by atoms with Crippen molar-refractivity contribution in [2.24, 2.45) is 0 Å². The summed E-state index contributed by atoms with van der Waals surface area (Å²) in [7, 11) is 0. The molecule has 2 aromatic rings. The number of hydrogen-bond donors (Lipinski definition) is 1. The zero-order valence-corrected chi connectivity index (χ0v) is 12.7. The van der Waals surface area contributed by atoms with Gasteiger partial charge in [0.1, 0.15) is 0 Å². The van der Waals surface area contributed by atoms with Crippen LogP contribution in [0.4, 0.5) is 13.2 Å². The first-order valence-corrected chi connectivity index (χ1v) is 7.67. The molecule has 0 unspecified atom stereocenters. The lowest BCUT2D eigenvalue weighted by Crippen LogP contribution is -2.28. The molecule has 1 amide bonds. The standard InChI is InChI=1S/C15H15F3N2OS/c1-2-13-20-10(9-22-13)7-8-19-14(21)11-5-3-4-6-12(11)15(16,17)18/h3-6,9H,2,7-8H2,1H3,(H,19,21). The van der Waals surface area contributed by atoms with E-state index in [0.29, 0.717) is 6.42 Å². The summed E-state index contributed by atoms with van der Waals surface area (Å²) in [5.74, 6) is -0.723. The normalized spacial score (nSPS) is 11.5. The Morgan fingerprint density at radius 2 is 2.05 bits per heavy atom. The van der Waals surface area contributed by atoms with Crippen LogP contribution in [0.3, 0.4) is 0 Å². The minimum Gasteiger partial charge on any atom is -0.352 e. The Bertz CT molecular complexity index is 652.